The molecule has 23 heavy (non-hydrogen) atoms. The molecule has 3 unspecified atom stereocenters. The first-order valence-electron chi connectivity index (χ1n) is 7.69. The Kier molecular flexibility index (Phi) is 10.3. The Hall–Kier alpha value is -1.59. The number of rotatable bonds is 8. The van der Waals surface area contributed by atoms with Gasteiger partial charge in [-0.1, -0.05) is 37.3 Å². The molecule has 1 rings (SSSR count). The van der Waals surface area contributed by atoms with Crippen LogP contribution in [0.4, 0.5) is 0 Å². The molecule has 1 amide bonds. The second-order valence-corrected chi connectivity index (χ2v) is 5.53. The Balaban J connectivity index is 0.00000484. The Morgan fingerprint density at radius 2 is 1.83 bits per heavy atom. The number of nitrogens with two attached hydrogens (primary N) is 1. The highest BCUT2D eigenvalue weighted by Gasteiger charge is 2.23. The fraction of sp³-hybridized carbons (Fsp3) is 0.529. The van der Waals surface area contributed by atoms with Crippen molar-refractivity contribution in [3.63, 3.8) is 0 Å². The average Bonchev–Trinajstić information content (AvgIpc) is 2.51. The number of nitrogens with one attached hydrogen (secondary N) is 1. The van der Waals surface area contributed by atoms with E-state index in [9.17, 15) is 9.59 Å². The van der Waals surface area contributed by atoms with Gasteiger partial charge < -0.3 is 15.8 Å². The lowest BCUT2D eigenvalue weighted by atomic mass is 9.98. The van der Waals surface area contributed by atoms with E-state index in [1.807, 2.05) is 30.3 Å². The third kappa shape index (κ3) is 7.48. The molecular formula is C17H27ClN2O3. The van der Waals surface area contributed by atoms with Crippen LogP contribution in [-0.4, -0.2) is 31.1 Å². The second-order valence-electron chi connectivity index (χ2n) is 5.53. The number of benzene rings is 1. The molecule has 0 aliphatic carbocycles. The monoisotopic (exact) mass is 342 g/mol. The van der Waals surface area contributed by atoms with Gasteiger partial charge in [-0.15, -0.1) is 12.4 Å². The molecule has 0 saturated carbocycles. The lowest BCUT2D eigenvalue weighted by Gasteiger charge is -2.19. The Labute approximate surface area is 144 Å². The van der Waals surface area contributed by atoms with Crippen LogP contribution in [-0.2, 0) is 20.7 Å². The molecule has 0 saturated heterocycles. The smallest absolute Gasteiger partial charge is 0.311 e. The van der Waals surface area contributed by atoms with Gasteiger partial charge in [-0.2, -0.15) is 0 Å². The van der Waals surface area contributed by atoms with E-state index in [1.54, 1.807) is 20.8 Å². The molecule has 3 N–H and O–H groups in total. The van der Waals surface area contributed by atoms with Crippen molar-refractivity contribution in [2.24, 2.45) is 17.6 Å². The van der Waals surface area contributed by atoms with Gasteiger partial charge in [0.15, 0.2) is 0 Å². The predicted octanol–water partition coefficient (Wildman–Crippen LogP) is 1.93. The molecule has 0 fully saturated rings. The minimum atomic E-state index is -0.397. The van der Waals surface area contributed by atoms with Crippen LogP contribution in [0.25, 0.3) is 0 Å². The van der Waals surface area contributed by atoms with Gasteiger partial charge in [-0.3, -0.25) is 9.59 Å². The van der Waals surface area contributed by atoms with Crippen LogP contribution in [0.5, 0.6) is 0 Å². The number of carbonyl (C=O) groups excluding carboxylic acids is 2. The number of ether oxygens (including phenoxy) is 1. The Morgan fingerprint density at radius 3 is 2.35 bits per heavy atom. The van der Waals surface area contributed by atoms with Crippen molar-refractivity contribution >= 4 is 24.3 Å². The molecule has 0 spiro atoms. The summed E-state index contributed by atoms with van der Waals surface area (Å²) in [6, 6.07) is 9.46. The van der Waals surface area contributed by atoms with Crippen molar-refractivity contribution in [2.75, 3.05) is 13.2 Å². The number of esters is 1. The maximum Gasteiger partial charge on any atom is 0.311 e. The normalized spacial score (nSPS) is 14.1. The summed E-state index contributed by atoms with van der Waals surface area (Å²) in [4.78, 5) is 24.0. The van der Waals surface area contributed by atoms with Gasteiger partial charge in [-0.05, 0) is 25.8 Å². The Bertz CT molecular complexity index is 480. The predicted molar refractivity (Wildman–Crippen MR) is 93.3 cm³/mol. The van der Waals surface area contributed by atoms with Crippen molar-refractivity contribution < 1.29 is 14.3 Å². The highest BCUT2D eigenvalue weighted by molar-refractivity contribution is 5.85. The fourth-order valence-electron chi connectivity index (χ4n) is 2.02. The van der Waals surface area contributed by atoms with Gasteiger partial charge in [-0.25, -0.2) is 0 Å². The minimum absolute atomic E-state index is 0. The van der Waals surface area contributed by atoms with Crippen LogP contribution in [0.15, 0.2) is 30.3 Å². The van der Waals surface area contributed by atoms with Gasteiger partial charge in [0.25, 0.3) is 0 Å². The van der Waals surface area contributed by atoms with E-state index >= 15 is 0 Å². The van der Waals surface area contributed by atoms with E-state index in [1.165, 1.54) is 0 Å². The zero-order valence-electron chi connectivity index (χ0n) is 14.0. The van der Waals surface area contributed by atoms with Gasteiger partial charge >= 0.3 is 5.97 Å². The van der Waals surface area contributed by atoms with Crippen LogP contribution in [0.3, 0.4) is 0 Å². The minimum Gasteiger partial charge on any atom is -0.466 e. The van der Waals surface area contributed by atoms with Crippen molar-refractivity contribution in [1.82, 2.24) is 5.32 Å². The third-order valence-corrected chi connectivity index (χ3v) is 3.67. The van der Waals surface area contributed by atoms with Crippen molar-refractivity contribution in [3.8, 4) is 0 Å². The molecular weight excluding hydrogens is 316 g/mol. The maximum atomic E-state index is 12.1. The van der Waals surface area contributed by atoms with E-state index in [4.69, 9.17) is 10.5 Å². The molecule has 1 aromatic carbocycles. The topological polar surface area (TPSA) is 81.4 Å². The van der Waals surface area contributed by atoms with E-state index < -0.39 is 5.92 Å². The molecule has 3 atom stereocenters. The first kappa shape index (κ1) is 21.4. The molecule has 130 valence electrons. The largest absolute Gasteiger partial charge is 0.466 e. The zero-order chi connectivity index (χ0) is 16.5. The molecule has 6 heteroatoms. The van der Waals surface area contributed by atoms with Gasteiger partial charge in [0.1, 0.15) is 0 Å². The quantitative estimate of drug-likeness (QED) is 0.707. The summed E-state index contributed by atoms with van der Waals surface area (Å²) in [5.74, 6) is -1.12. The molecule has 1 aromatic rings. The van der Waals surface area contributed by atoms with Gasteiger partial charge in [0.2, 0.25) is 5.91 Å². The summed E-state index contributed by atoms with van der Waals surface area (Å²) in [5.41, 5.74) is 6.76. The van der Waals surface area contributed by atoms with E-state index in [2.05, 4.69) is 5.32 Å². The SMILES string of the molecule is CCOC(=O)C(CNC(=O)C(C)C(C)N)Cc1ccccc1.Cl. The molecule has 0 radical (unpaired) electrons. The van der Waals surface area contributed by atoms with E-state index in [-0.39, 0.29) is 42.8 Å². The number of amides is 1. The summed E-state index contributed by atoms with van der Waals surface area (Å²) in [7, 11) is 0. The molecule has 0 aliphatic rings. The molecule has 0 aromatic heterocycles. The number of carbonyl (C=O) groups is 2. The molecule has 0 aliphatic heterocycles. The highest BCUT2D eigenvalue weighted by Crippen LogP contribution is 2.11. The highest BCUT2D eigenvalue weighted by atomic mass is 35.5. The standard InChI is InChI=1S/C17H26N2O3.ClH/c1-4-22-17(21)15(10-14-8-6-5-7-9-14)11-19-16(20)12(2)13(3)18;/h5-9,12-13,15H,4,10-11,18H2,1-3H3,(H,19,20);1H. The summed E-state index contributed by atoms with van der Waals surface area (Å²) in [6.45, 7) is 5.92. The Morgan fingerprint density at radius 1 is 1.22 bits per heavy atom. The number of halogens is 1. The summed E-state index contributed by atoms with van der Waals surface area (Å²) >= 11 is 0. The average molecular weight is 343 g/mol. The third-order valence-electron chi connectivity index (χ3n) is 3.67. The first-order valence-corrected chi connectivity index (χ1v) is 7.69. The van der Waals surface area contributed by atoms with E-state index in [0.29, 0.717) is 13.0 Å². The van der Waals surface area contributed by atoms with Crippen LogP contribution in [0, 0.1) is 11.8 Å². The number of hydrogen-bond acceptors (Lipinski definition) is 4. The molecule has 0 heterocycles. The number of hydrogen-bond donors (Lipinski definition) is 2. The van der Waals surface area contributed by atoms with Gasteiger partial charge in [0, 0.05) is 18.5 Å². The molecule has 5 nitrogen and oxygen atoms in total. The lowest BCUT2D eigenvalue weighted by Crippen LogP contribution is -2.42. The first-order chi connectivity index (χ1) is 10.5. The fourth-order valence-corrected chi connectivity index (χ4v) is 2.02. The van der Waals surface area contributed by atoms with Gasteiger partial charge in [0.05, 0.1) is 12.5 Å². The zero-order valence-corrected chi connectivity index (χ0v) is 14.8. The lowest BCUT2D eigenvalue weighted by molar-refractivity contribution is -0.148. The summed E-state index contributed by atoms with van der Waals surface area (Å²) in [5, 5.41) is 2.80. The van der Waals surface area contributed by atoms with Crippen molar-refractivity contribution in [3.05, 3.63) is 35.9 Å². The van der Waals surface area contributed by atoms with Crippen LogP contribution in [0.1, 0.15) is 26.3 Å². The van der Waals surface area contributed by atoms with E-state index in [0.717, 1.165) is 5.56 Å². The summed E-state index contributed by atoms with van der Waals surface area (Å²) < 4.78 is 5.10. The molecule has 0 bridgehead atoms. The van der Waals surface area contributed by atoms with Crippen LogP contribution >= 0.6 is 12.4 Å². The second kappa shape index (κ2) is 11.0. The van der Waals surface area contributed by atoms with Crippen molar-refractivity contribution in [2.45, 2.75) is 33.2 Å². The van der Waals surface area contributed by atoms with Crippen molar-refractivity contribution in [1.29, 1.82) is 0 Å². The maximum absolute atomic E-state index is 12.1. The van der Waals surface area contributed by atoms with Crippen LogP contribution < -0.4 is 11.1 Å². The van der Waals surface area contributed by atoms with Crippen LogP contribution in [0.2, 0.25) is 0 Å². The summed E-state index contributed by atoms with van der Waals surface area (Å²) in [6.07, 6.45) is 0.534.